The van der Waals surface area contributed by atoms with Crippen LogP contribution in [0.5, 0.6) is 0 Å². The number of esters is 1. The maximum absolute atomic E-state index is 11.8. The van der Waals surface area contributed by atoms with Gasteiger partial charge in [0.1, 0.15) is 5.78 Å². The lowest BCUT2D eigenvalue weighted by atomic mass is 9.93. The minimum absolute atomic E-state index is 0.206. The van der Waals surface area contributed by atoms with Crippen LogP contribution in [0.1, 0.15) is 51.4 Å². The van der Waals surface area contributed by atoms with E-state index in [1.165, 1.54) is 20.0 Å². The summed E-state index contributed by atoms with van der Waals surface area (Å²) in [6.07, 6.45) is 7.45. The third kappa shape index (κ3) is 4.45. The Morgan fingerprint density at radius 3 is 2.20 bits per heavy atom. The van der Waals surface area contributed by atoms with E-state index in [4.69, 9.17) is 0 Å². The van der Waals surface area contributed by atoms with Crippen molar-refractivity contribution in [3.8, 4) is 0 Å². The molecular formula is C12H20O3. The highest BCUT2D eigenvalue weighted by molar-refractivity contribution is 5.84. The average molecular weight is 212 g/mol. The van der Waals surface area contributed by atoms with Crippen molar-refractivity contribution in [2.75, 3.05) is 7.11 Å². The number of Topliss-reactive ketones (excluding diaryl/α,β-unsaturated/α-hetero) is 1. The minimum atomic E-state index is -0.281. The molecule has 0 spiro atoms. The first-order valence-corrected chi connectivity index (χ1v) is 5.83. The molecule has 3 heteroatoms. The lowest BCUT2D eigenvalue weighted by Crippen LogP contribution is -2.15. The maximum atomic E-state index is 11.8. The second-order valence-corrected chi connectivity index (χ2v) is 4.23. The van der Waals surface area contributed by atoms with Crippen molar-refractivity contribution in [1.82, 2.24) is 0 Å². The Morgan fingerprint density at radius 2 is 1.67 bits per heavy atom. The second-order valence-electron chi connectivity index (χ2n) is 4.23. The molecule has 0 aromatic carbocycles. The molecule has 0 heterocycles. The first kappa shape index (κ1) is 12.2. The van der Waals surface area contributed by atoms with Crippen molar-refractivity contribution in [2.24, 2.45) is 5.92 Å². The van der Waals surface area contributed by atoms with E-state index in [0.717, 1.165) is 25.7 Å². The largest absolute Gasteiger partial charge is 0.469 e. The van der Waals surface area contributed by atoms with Crippen LogP contribution in [0, 0.1) is 5.92 Å². The lowest BCUT2D eigenvalue weighted by molar-refractivity contribution is -0.142. The van der Waals surface area contributed by atoms with Crippen LogP contribution in [0.15, 0.2) is 0 Å². The zero-order chi connectivity index (χ0) is 11.1. The first-order valence-electron chi connectivity index (χ1n) is 5.83. The van der Waals surface area contributed by atoms with Crippen LogP contribution in [-0.2, 0) is 14.3 Å². The SMILES string of the molecule is COC(=O)CCC(=O)C1CCCCCC1. The van der Waals surface area contributed by atoms with Gasteiger partial charge >= 0.3 is 5.97 Å². The van der Waals surface area contributed by atoms with Crippen LogP contribution in [0.4, 0.5) is 0 Å². The summed E-state index contributed by atoms with van der Waals surface area (Å²) in [7, 11) is 1.36. The van der Waals surface area contributed by atoms with Crippen LogP contribution in [-0.4, -0.2) is 18.9 Å². The number of carbonyl (C=O) groups is 2. The van der Waals surface area contributed by atoms with E-state index in [0.29, 0.717) is 6.42 Å². The molecule has 0 N–H and O–H groups in total. The molecule has 0 aromatic heterocycles. The molecule has 0 atom stereocenters. The number of methoxy groups -OCH3 is 1. The third-order valence-electron chi connectivity index (χ3n) is 3.11. The molecule has 0 unspecified atom stereocenters. The average Bonchev–Trinajstić information content (AvgIpc) is 2.53. The highest BCUT2D eigenvalue weighted by atomic mass is 16.5. The monoisotopic (exact) mass is 212 g/mol. The van der Waals surface area contributed by atoms with Crippen LogP contribution in [0.25, 0.3) is 0 Å². The summed E-state index contributed by atoms with van der Waals surface area (Å²) < 4.78 is 4.52. The summed E-state index contributed by atoms with van der Waals surface area (Å²) >= 11 is 0. The molecular weight excluding hydrogens is 192 g/mol. The summed E-state index contributed by atoms with van der Waals surface area (Å²) in [6.45, 7) is 0. The molecule has 1 saturated carbocycles. The zero-order valence-corrected chi connectivity index (χ0v) is 9.46. The highest BCUT2D eigenvalue weighted by Crippen LogP contribution is 2.24. The van der Waals surface area contributed by atoms with Crippen molar-refractivity contribution >= 4 is 11.8 Å². The van der Waals surface area contributed by atoms with Gasteiger partial charge in [0.2, 0.25) is 0 Å². The van der Waals surface area contributed by atoms with Gasteiger partial charge in [-0.25, -0.2) is 0 Å². The van der Waals surface area contributed by atoms with Crippen molar-refractivity contribution in [3.05, 3.63) is 0 Å². The van der Waals surface area contributed by atoms with Crippen molar-refractivity contribution in [3.63, 3.8) is 0 Å². The molecule has 3 nitrogen and oxygen atoms in total. The Labute approximate surface area is 91.2 Å². The molecule has 0 amide bonds. The molecule has 1 aliphatic carbocycles. The summed E-state index contributed by atoms with van der Waals surface area (Å²) in [4.78, 5) is 22.7. The van der Waals surface area contributed by atoms with Gasteiger partial charge in [-0.1, -0.05) is 25.7 Å². The van der Waals surface area contributed by atoms with Gasteiger partial charge in [-0.05, 0) is 12.8 Å². The van der Waals surface area contributed by atoms with Crippen LogP contribution >= 0.6 is 0 Å². The fraction of sp³-hybridized carbons (Fsp3) is 0.833. The number of ether oxygens (including phenoxy) is 1. The van der Waals surface area contributed by atoms with E-state index in [1.807, 2.05) is 0 Å². The van der Waals surface area contributed by atoms with E-state index >= 15 is 0 Å². The second kappa shape index (κ2) is 6.59. The van der Waals surface area contributed by atoms with Crippen molar-refractivity contribution in [1.29, 1.82) is 0 Å². The van der Waals surface area contributed by atoms with Gasteiger partial charge < -0.3 is 4.74 Å². The predicted octanol–water partition coefficient (Wildman–Crippen LogP) is 2.48. The summed E-state index contributed by atoms with van der Waals surface area (Å²) in [6, 6.07) is 0. The molecule has 0 bridgehead atoms. The quantitative estimate of drug-likeness (QED) is 0.531. The lowest BCUT2D eigenvalue weighted by Gasteiger charge is -2.11. The standard InChI is InChI=1S/C12H20O3/c1-15-12(14)9-8-11(13)10-6-4-2-3-5-7-10/h10H,2-9H2,1H3. The molecule has 0 aromatic rings. The Bertz CT molecular complexity index is 215. The predicted molar refractivity (Wildman–Crippen MR) is 57.4 cm³/mol. The van der Waals surface area contributed by atoms with Crippen molar-refractivity contribution < 1.29 is 14.3 Å². The molecule has 0 saturated heterocycles. The Morgan fingerprint density at radius 1 is 1.07 bits per heavy atom. The molecule has 0 aliphatic heterocycles. The summed E-state index contributed by atoms with van der Waals surface area (Å²) in [5.41, 5.74) is 0. The molecule has 1 rings (SSSR count). The molecule has 15 heavy (non-hydrogen) atoms. The summed E-state index contributed by atoms with van der Waals surface area (Å²) in [5, 5.41) is 0. The Kier molecular flexibility index (Phi) is 5.37. The van der Waals surface area contributed by atoms with E-state index < -0.39 is 0 Å². The maximum Gasteiger partial charge on any atom is 0.305 e. The van der Waals surface area contributed by atoms with Gasteiger partial charge in [0.05, 0.1) is 13.5 Å². The van der Waals surface area contributed by atoms with Crippen LogP contribution in [0.2, 0.25) is 0 Å². The van der Waals surface area contributed by atoms with Gasteiger partial charge in [-0.2, -0.15) is 0 Å². The Hall–Kier alpha value is -0.860. The fourth-order valence-corrected chi connectivity index (χ4v) is 2.13. The number of carbonyl (C=O) groups excluding carboxylic acids is 2. The minimum Gasteiger partial charge on any atom is -0.469 e. The zero-order valence-electron chi connectivity index (χ0n) is 9.46. The van der Waals surface area contributed by atoms with Gasteiger partial charge in [0, 0.05) is 12.3 Å². The van der Waals surface area contributed by atoms with E-state index in [2.05, 4.69) is 4.74 Å². The molecule has 1 aliphatic rings. The third-order valence-corrected chi connectivity index (χ3v) is 3.11. The van der Waals surface area contributed by atoms with Gasteiger partial charge in [0.15, 0.2) is 0 Å². The number of rotatable bonds is 4. The topological polar surface area (TPSA) is 43.4 Å². The van der Waals surface area contributed by atoms with E-state index in [9.17, 15) is 9.59 Å². The number of hydrogen-bond donors (Lipinski definition) is 0. The normalized spacial score (nSPS) is 18.2. The summed E-state index contributed by atoms with van der Waals surface area (Å²) in [5.74, 6) is 0.177. The number of ketones is 1. The highest BCUT2D eigenvalue weighted by Gasteiger charge is 2.20. The van der Waals surface area contributed by atoms with Gasteiger partial charge in [-0.15, -0.1) is 0 Å². The molecule has 86 valence electrons. The van der Waals surface area contributed by atoms with Crippen LogP contribution in [0.3, 0.4) is 0 Å². The van der Waals surface area contributed by atoms with E-state index in [1.54, 1.807) is 0 Å². The fourth-order valence-electron chi connectivity index (χ4n) is 2.13. The smallest absolute Gasteiger partial charge is 0.305 e. The van der Waals surface area contributed by atoms with Gasteiger partial charge in [0.25, 0.3) is 0 Å². The Balaban J connectivity index is 2.28. The van der Waals surface area contributed by atoms with E-state index in [-0.39, 0.29) is 24.1 Å². The number of hydrogen-bond acceptors (Lipinski definition) is 3. The molecule has 1 fully saturated rings. The molecule has 0 radical (unpaired) electrons. The van der Waals surface area contributed by atoms with Crippen LogP contribution < -0.4 is 0 Å². The first-order chi connectivity index (χ1) is 7.24. The van der Waals surface area contributed by atoms with Crippen molar-refractivity contribution in [2.45, 2.75) is 51.4 Å². The van der Waals surface area contributed by atoms with Gasteiger partial charge in [-0.3, -0.25) is 9.59 Å².